The van der Waals surface area contributed by atoms with Crippen molar-refractivity contribution in [2.45, 2.75) is 76.9 Å². The first kappa shape index (κ1) is 38.4. The zero-order valence-electron chi connectivity index (χ0n) is 32.7. The monoisotopic (exact) mass is 797 g/mol. The van der Waals surface area contributed by atoms with Crippen LogP contribution in [0.2, 0.25) is 0 Å². The molecule has 4 fully saturated rings. The van der Waals surface area contributed by atoms with E-state index in [1.807, 2.05) is 4.90 Å². The van der Waals surface area contributed by atoms with Crippen LogP contribution in [0.25, 0.3) is 11.3 Å². The summed E-state index contributed by atoms with van der Waals surface area (Å²) in [5.74, 6) is 2.41. The van der Waals surface area contributed by atoms with Gasteiger partial charge in [0.05, 0.1) is 5.69 Å². The molecule has 0 N–H and O–H groups in total. The van der Waals surface area contributed by atoms with Crippen molar-refractivity contribution in [3.8, 4) is 0 Å². The lowest BCUT2D eigenvalue weighted by Gasteiger charge is -2.36. The van der Waals surface area contributed by atoms with Crippen LogP contribution in [-0.2, 0) is 25.6 Å². The van der Waals surface area contributed by atoms with Crippen LogP contribution >= 0.6 is 0 Å². The average molecular weight is 798 g/mol. The molecule has 0 spiro atoms. The number of hydrogen-bond donors (Lipinski definition) is 0. The minimum absolute atomic E-state index is 0.107. The Kier molecular flexibility index (Phi) is 10.5. The molecule has 0 unspecified atom stereocenters. The predicted molar refractivity (Wildman–Crippen MR) is 213 cm³/mol. The van der Waals surface area contributed by atoms with Gasteiger partial charge in [-0.3, -0.25) is 13.7 Å². The summed E-state index contributed by atoms with van der Waals surface area (Å²) >= 11 is 0. The predicted octanol–water partition coefficient (Wildman–Crippen LogP) is 8.68. The summed E-state index contributed by atoms with van der Waals surface area (Å²) in [4.78, 5) is 6.21. The van der Waals surface area contributed by atoms with Crippen LogP contribution in [0.4, 0.5) is 33.3 Å². The van der Waals surface area contributed by atoms with Crippen molar-refractivity contribution in [1.82, 2.24) is 34.1 Å². The fourth-order valence-corrected chi connectivity index (χ4v) is 8.69. The van der Waals surface area contributed by atoms with E-state index in [4.69, 9.17) is 0 Å². The molecule has 0 radical (unpaired) electrons. The average Bonchev–Trinajstić information content (AvgIpc) is 4.14. The summed E-state index contributed by atoms with van der Waals surface area (Å²) in [5, 5.41) is 16.9. The maximum absolute atomic E-state index is 14.1. The smallest absolute Gasteiger partial charge is 0.371 e. The lowest BCUT2D eigenvalue weighted by molar-refractivity contribution is -0.137. The highest BCUT2D eigenvalue weighted by Gasteiger charge is 2.38. The molecule has 6 heterocycles. The number of alkyl halides is 3. The maximum Gasteiger partial charge on any atom is 0.420 e. The highest BCUT2D eigenvalue weighted by molar-refractivity contribution is 5.65. The van der Waals surface area contributed by atoms with E-state index in [0.717, 1.165) is 55.8 Å². The Labute approximate surface area is 334 Å². The zero-order chi connectivity index (χ0) is 40.0. The molecule has 0 atom stereocenters. The van der Waals surface area contributed by atoms with Gasteiger partial charge in [0.1, 0.15) is 28.8 Å². The number of nitrogens with zero attached hydrogens (tertiary/aromatic N) is 9. The zero-order valence-corrected chi connectivity index (χ0v) is 32.7. The van der Waals surface area contributed by atoms with Crippen LogP contribution in [0.15, 0.2) is 73.1 Å². The van der Waals surface area contributed by atoms with Gasteiger partial charge < -0.3 is 9.80 Å². The van der Waals surface area contributed by atoms with Gasteiger partial charge in [0.2, 0.25) is 0 Å². The molecule has 4 aliphatic rings. The van der Waals surface area contributed by atoms with Crippen molar-refractivity contribution in [3.05, 3.63) is 119 Å². The summed E-state index contributed by atoms with van der Waals surface area (Å²) < 4.78 is 72.9. The van der Waals surface area contributed by atoms with Gasteiger partial charge in [-0.2, -0.15) is 13.2 Å². The number of rotatable bonds is 9. The lowest BCUT2D eigenvalue weighted by Crippen LogP contribution is -2.46. The Bertz CT molecular complexity index is 2370. The second kappa shape index (κ2) is 15.9. The third-order valence-electron chi connectivity index (χ3n) is 12.3. The van der Waals surface area contributed by atoms with Crippen molar-refractivity contribution in [1.29, 1.82) is 0 Å². The van der Waals surface area contributed by atoms with E-state index in [1.54, 1.807) is 11.1 Å². The van der Waals surface area contributed by atoms with Crippen LogP contribution < -0.4 is 9.80 Å². The van der Waals surface area contributed by atoms with Gasteiger partial charge in [-0.05, 0) is 98.6 Å². The Morgan fingerprint density at radius 1 is 0.638 bits per heavy atom. The first-order valence-electron chi connectivity index (χ1n) is 20.6. The number of piperazine rings is 1. The lowest BCUT2D eigenvalue weighted by atomic mass is 9.89. The number of piperidine rings is 1. The molecule has 2 saturated heterocycles. The van der Waals surface area contributed by atoms with Gasteiger partial charge in [-0.15, -0.1) is 20.4 Å². The van der Waals surface area contributed by atoms with E-state index in [9.17, 15) is 22.0 Å². The third-order valence-corrected chi connectivity index (χ3v) is 12.3. The van der Waals surface area contributed by atoms with Crippen molar-refractivity contribution in [2.24, 2.45) is 11.8 Å². The van der Waals surface area contributed by atoms with Crippen molar-refractivity contribution in [3.63, 3.8) is 0 Å². The van der Waals surface area contributed by atoms with Crippen LogP contribution in [0, 0.1) is 30.4 Å². The van der Waals surface area contributed by atoms with E-state index in [0.29, 0.717) is 55.9 Å². The van der Waals surface area contributed by atoms with Gasteiger partial charge in [-0.25, -0.2) is 8.78 Å². The fraction of sp³-hybridized carbons (Fsp3) is 0.455. The van der Waals surface area contributed by atoms with Crippen molar-refractivity contribution >= 4 is 22.7 Å². The molecule has 304 valence electrons. The van der Waals surface area contributed by atoms with Crippen LogP contribution in [0.1, 0.15) is 78.3 Å². The van der Waals surface area contributed by atoms with E-state index in [2.05, 4.69) is 79.2 Å². The van der Waals surface area contributed by atoms with Gasteiger partial charge in [0, 0.05) is 88.4 Å². The van der Waals surface area contributed by atoms with Crippen molar-refractivity contribution in [2.75, 3.05) is 49.1 Å². The number of fused-ring (bicyclic) bond motifs is 2. The largest absolute Gasteiger partial charge is 0.420 e. The molecule has 2 aliphatic carbocycles. The molecule has 58 heavy (non-hydrogen) atoms. The number of benzene rings is 2. The highest BCUT2D eigenvalue weighted by atomic mass is 19.4. The Hall–Kier alpha value is -5.11. The van der Waals surface area contributed by atoms with Crippen LogP contribution in [0.3, 0.4) is 0 Å². The number of halogens is 5. The molecule has 0 bridgehead atoms. The molecule has 6 aromatic rings. The summed E-state index contributed by atoms with van der Waals surface area (Å²) in [5.41, 5.74) is 4.66. The second-order valence-electron chi connectivity index (χ2n) is 16.5. The van der Waals surface area contributed by atoms with Crippen LogP contribution in [0.5, 0.6) is 0 Å². The molecular weight excluding hydrogens is 750 g/mol. The second-order valence-corrected chi connectivity index (χ2v) is 16.5. The molecule has 2 saturated carbocycles. The molecule has 9 nitrogen and oxygen atoms in total. The molecule has 0 amide bonds. The van der Waals surface area contributed by atoms with E-state index < -0.39 is 23.4 Å². The van der Waals surface area contributed by atoms with Gasteiger partial charge in [0.15, 0.2) is 11.3 Å². The summed E-state index contributed by atoms with van der Waals surface area (Å²) in [6, 6.07) is 18.2. The van der Waals surface area contributed by atoms with Gasteiger partial charge in [-0.1, -0.05) is 30.3 Å². The molecule has 2 aliphatic heterocycles. The Morgan fingerprint density at radius 2 is 1.24 bits per heavy atom. The molecule has 10 rings (SSSR count). The Morgan fingerprint density at radius 3 is 1.86 bits per heavy atom. The quantitative estimate of drug-likeness (QED) is 0.136. The molecule has 14 heteroatoms. The SMILES string of the molecule is Cc1c(N2CCC(c3ccccc3)CC2)ccn2c(CC3CC3)nnc12.Fc1ccc(N2CCN(Cc3ccn4c(CC5CC5)nnc4c3C(F)(F)F)CC2)c(F)c1. The Balaban J connectivity index is 0.000000153. The minimum Gasteiger partial charge on any atom is -0.371 e. The number of aryl methyl sites for hydroxylation is 1. The van der Waals surface area contributed by atoms with Gasteiger partial charge >= 0.3 is 6.18 Å². The third kappa shape index (κ3) is 8.25. The normalized spacial score (nSPS) is 18.2. The summed E-state index contributed by atoms with van der Waals surface area (Å²) in [6.07, 6.45) is 8.25. The fourth-order valence-electron chi connectivity index (χ4n) is 8.69. The number of aromatic nitrogens is 6. The standard InChI is InChI=1S/C22H22F5N5.C22H26N4/c23-16-3-4-18(17(24)12-16)31-9-7-30(8-10-31)13-15-5-6-32-19(11-14-1-2-14)28-29-21(32)20(15)22(25,26)27;1-16-20(11-14-26-21(15-17-7-8-17)23-24-22(16)26)25-12-9-19(10-13-25)18-5-3-2-4-6-18/h3-6,12,14H,1-2,7-11,13H2;2-6,11,14,17,19H,7-10,12-13,15H2,1H3. The topological polar surface area (TPSA) is 70.1 Å². The minimum atomic E-state index is -4.55. The highest BCUT2D eigenvalue weighted by Crippen LogP contribution is 2.38. The van der Waals surface area contributed by atoms with Gasteiger partial charge in [0.25, 0.3) is 0 Å². The van der Waals surface area contributed by atoms with E-state index in [-0.39, 0.29) is 17.8 Å². The molecule has 4 aromatic heterocycles. The maximum atomic E-state index is 14.1. The first-order valence-corrected chi connectivity index (χ1v) is 20.6. The summed E-state index contributed by atoms with van der Waals surface area (Å²) in [7, 11) is 0. The number of hydrogen-bond acceptors (Lipinski definition) is 7. The number of pyridine rings is 2. The molecular formula is C44H48F5N9. The van der Waals surface area contributed by atoms with E-state index in [1.165, 1.54) is 65.1 Å². The van der Waals surface area contributed by atoms with E-state index >= 15 is 0 Å². The molecule has 2 aromatic carbocycles. The number of anilines is 2. The first-order chi connectivity index (χ1) is 28.1. The van der Waals surface area contributed by atoms with Crippen LogP contribution in [-0.4, -0.2) is 73.4 Å². The summed E-state index contributed by atoms with van der Waals surface area (Å²) in [6.45, 7) is 6.31. The van der Waals surface area contributed by atoms with Crippen molar-refractivity contribution < 1.29 is 22.0 Å².